The second-order valence-corrected chi connectivity index (χ2v) is 3.69. The Balaban J connectivity index is 2.65. The Kier molecular flexibility index (Phi) is 5.51. The molecular formula is C11H17N3O3. The first-order valence-electron chi connectivity index (χ1n) is 5.55. The lowest BCUT2D eigenvalue weighted by Crippen LogP contribution is -2.30. The second kappa shape index (κ2) is 6.93. The van der Waals surface area contributed by atoms with Gasteiger partial charge in [-0.25, -0.2) is 14.8 Å². The zero-order valence-electron chi connectivity index (χ0n) is 9.76. The van der Waals surface area contributed by atoms with Crippen LogP contribution in [0.4, 0.5) is 0 Å². The van der Waals surface area contributed by atoms with E-state index in [4.69, 9.17) is 10.2 Å². The molecule has 0 bridgehead atoms. The van der Waals surface area contributed by atoms with E-state index in [9.17, 15) is 4.79 Å². The van der Waals surface area contributed by atoms with Gasteiger partial charge in [0, 0.05) is 25.4 Å². The molecule has 17 heavy (non-hydrogen) atoms. The fraction of sp³-hybridized carbons (Fsp3) is 0.545. The summed E-state index contributed by atoms with van der Waals surface area (Å²) in [6.45, 7) is 2.48. The number of aliphatic hydroxyl groups is 1. The number of aliphatic hydroxyl groups excluding tert-OH is 1. The molecule has 0 aliphatic carbocycles. The van der Waals surface area contributed by atoms with Gasteiger partial charge in [-0.1, -0.05) is 6.92 Å². The van der Waals surface area contributed by atoms with Gasteiger partial charge in [-0.05, 0) is 12.8 Å². The molecule has 1 rings (SSSR count). The molecule has 0 aromatic carbocycles. The minimum Gasteiger partial charge on any atom is -0.478 e. The molecule has 94 valence electrons. The maximum absolute atomic E-state index is 10.9. The van der Waals surface area contributed by atoms with Gasteiger partial charge in [0.1, 0.15) is 11.9 Å². The van der Waals surface area contributed by atoms with Gasteiger partial charge < -0.3 is 15.5 Å². The van der Waals surface area contributed by atoms with Crippen LogP contribution in [0.15, 0.2) is 12.5 Å². The molecule has 6 nitrogen and oxygen atoms in total. The number of hydrogen-bond donors (Lipinski definition) is 3. The van der Waals surface area contributed by atoms with E-state index < -0.39 is 5.97 Å². The molecule has 1 aromatic heterocycles. The van der Waals surface area contributed by atoms with Gasteiger partial charge in [0.25, 0.3) is 0 Å². The van der Waals surface area contributed by atoms with E-state index in [1.807, 2.05) is 6.92 Å². The van der Waals surface area contributed by atoms with Crippen LogP contribution >= 0.6 is 0 Å². The summed E-state index contributed by atoms with van der Waals surface area (Å²) in [6, 6.07) is 0.164. The van der Waals surface area contributed by atoms with E-state index in [1.54, 1.807) is 0 Å². The smallest absolute Gasteiger partial charge is 0.339 e. The van der Waals surface area contributed by atoms with Crippen molar-refractivity contribution in [3.8, 4) is 0 Å². The SMILES string of the molecule is CCC(CCO)NCc1ncncc1C(=O)O. The minimum absolute atomic E-state index is 0.110. The van der Waals surface area contributed by atoms with Crippen LogP contribution in [-0.2, 0) is 6.54 Å². The third-order valence-electron chi connectivity index (χ3n) is 2.55. The van der Waals surface area contributed by atoms with Crippen molar-refractivity contribution in [3.63, 3.8) is 0 Å². The van der Waals surface area contributed by atoms with E-state index >= 15 is 0 Å². The molecule has 6 heteroatoms. The Hall–Kier alpha value is -1.53. The van der Waals surface area contributed by atoms with Crippen LogP contribution in [0.1, 0.15) is 35.8 Å². The molecular weight excluding hydrogens is 222 g/mol. The van der Waals surface area contributed by atoms with Crippen molar-refractivity contribution in [1.29, 1.82) is 0 Å². The van der Waals surface area contributed by atoms with E-state index in [1.165, 1.54) is 12.5 Å². The topological polar surface area (TPSA) is 95.3 Å². The van der Waals surface area contributed by atoms with Crippen LogP contribution in [0, 0.1) is 0 Å². The first-order chi connectivity index (χ1) is 8.19. The molecule has 0 radical (unpaired) electrons. The Morgan fingerprint density at radius 3 is 2.94 bits per heavy atom. The van der Waals surface area contributed by atoms with Crippen LogP contribution in [0.25, 0.3) is 0 Å². The summed E-state index contributed by atoms with van der Waals surface area (Å²) in [5, 5.41) is 21.0. The van der Waals surface area contributed by atoms with Gasteiger partial charge in [-0.2, -0.15) is 0 Å². The average Bonchev–Trinajstić information content (AvgIpc) is 2.34. The van der Waals surface area contributed by atoms with Gasteiger partial charge in [0.05, 0.1) is 5.69 Å². The number of carboxylic acids is 1. The van der Waals surface area contributed by atoms with Gasteiger partial charge in [0.15, 0.2) is 0 Å². The Morgan fingerprint density at radius 2 is 2.35 bits per heavy atom. The lowest BCUT2D eigenvalue weighted by Gasteiger charge is -2.15. The predicted molar refractivity (Wildman–Crippen MR) is 61.6 cm³/mol. The molecule has 3 N–H and O–H groups in total. The molecule has 0 aliphatic rings. The highest BCUT2D eigenvalue weighted by Gasteiger charge is 2.12. The molecule has 0 fully saturated rings. The summed E-state index contributed by atoms with van der Waals surface area (Å²) in [6.07, 6.45) is 4.13. The quantitative estimate of drug-likeness (QED) is 0.638. The number of rotatable bonds is 7. The first-order valence-corrected chi connectivity index (χ1v) is 5.55. The van der Waals surface area contributed by atoms with E-state index in [2.05, 4.69) is 15.3 Å². The van der Waals surface area contributed by atoms with Crippen molar-refractivity contribution >= 4 is 5.97 Å². The third kappa shape index (κ3) is 4.08. The lowest BCUT2D eigenvalue weighted by atomic mass is 10.1. The molecule has 1 unspecified atom stereocenters. The second-order valence-electron chi connectivity index (χ2n) is 3.69. The van der Waals surface area contributed by atoms with Crippen LogP contribution in [-0.4, -0.2) is 38.8 Å². The maximum Gasteiger partial charge on any atom is 0.339 e. The largest absolute Gasteiger partial charge is 0.478 e. The van der Waals surface area contributed by atoms with Crippen LogP contribution in [0.3, 0.4) is 0 Å². The van der Waals surface area contributed by atoms with Crippen molar-refractivity contribution in [2.45, 2.75) is 32.4 Å². The molecule has 0 aliphatic heterocycles. The molecule has 0 saturated carbocycles. The molecule has 0 saturated heterocycles. The predicted octanol–water partition coefficient (Wildman–Crippen LogP) is 0.425. The fourth-order valence-electron chi connectivity index (χ4n) is 1.52. The van der Waals surface area contributed by atoms with Gasteiger partial charge in [-0.3, -0.25) is 0 Å². The van der Waals surface area contributed by atoms with Crippen LogP contribution in [0.2, 0.25) is 0 Å². The first kappa shape index (κ1) is 13.5. The molecule has 0 amide bonds. The maximum atomic E-state index is 10.9. The number of carbonyl (C=O) groups is 1. The van der Waals surface area contributed by atoms with Crippen molar-refractivity contribution in [2.24, 2.45) is 0 Å². The summed E-state index contributed by atoms with van der Waals surface area (Å²) in [4.78, 5) is 18.6. The zero-order chi connectivity index (χ0) is 12.7. The summed E-state index contributed by atoms with van der Waals surface area (Å²) >= 11 is 0. The Labute approximate surface area is 99.7 Å². The third-order valence-corrected chi connectivity index (χ3v) is 2.55. The highest BCUT2D eigenvalue weighted by molar-refractivity contribution is 5.88. The fourth-order valence-corrected chi connectivity index (χ4v) is 1.52. The summed E-state index contributed by atoms with van der Waals surface area (Å²) in [5.41, 5.74) is 0.572. The van der Waals surface area contributed by atoms with E-state index in [0.29, 0.717) is 18.7 Å². The highest BCUT2D eigenvalue weighted by Crippen LogP contribution is 2.05. The Morgan fingerprint density at radius 1 is 1.59 bits per heavy atom. The number of carboxylic acid groups (broad SMARTS) is 1. The van der Waals surface area contributed by atoms with Crippen molar-refractivity contribution in [1.82, 2.24) is 15.3 Å². The van der Waals surface area contributed by atoms with Crippen molar-refractivity contribution in [2.75, 3.05) is 6.61 Å². The minimum atomic E-state index is -1.03. The number of hydrogen-bond acceptors (Lipinski definition) is 5. The number of aromatic nitrogens is 2. The van der Waals surface area contributed by atoms with E-state index in [0.717, 1.165) is 6.42 Å². The zero-order valence-corrected chi connectivity index (χ0v) is 9.76. The van der Waals surface area contributed by atoms with Crippen molar-refractivity contribution in [3.05, 3.63) is 23.8 Å². The lowest BCUT2D eigenvalue weighted by molar-refractivity contribution is 0.0694. The number of nitrogens with one attached hydrogen (secondary N) is 1. The number of nitrogens with zero attached hydrogens (tertiary/aromatic N) is 2. The molecule has 1 atom stereocenters. The van der Waals surface area contributed by atoms with Crippen molar-refractivity contribution < 1.29 is 15.0 Å². The normalized spacial score (nSPS) is 12.4. The van der Waals surface area contributed by atoms with Crippen LogP contribution < -0.4 is 5.32 Å². The summed E-state index contributed by atoms with van der Waals surface area (Å²) < 4.78 is 0. The summed E-state index contributed by atoms with van der Waals surface area (Å²) in [5.74, 6) is -1.03. The molecule has 1 aromatic rings. The average molecular weight is 239 g/mol. The molecule has 1 heterocycles. The number of aromatic carboxylic acids is 1. The van der Waals surface area contributed by atoms with Crippen LogP contribution in [0.5, 0.6) is 0 Å². The highest BCUT2D eigenvalue weighted by atomic mass is 16.4. The Bertz CT molecular complexity index is 371. The monoisotopic (exact) mass is 239 g/mol. The summed E-state index contributed by atoms with van der Waals surface area (Å²) in [7, 11) is 0. The van der Waals surface area contributed by atoms with Gasteiger partial charge in [-0.15, -0.1) is 0 Å². The molecule has 0 spiro atoms. The van der Waals surface area contributed by atoms with Gasteiger partial charge >= 0.3 is 5.97 Å². The van der Waals surface area contributed by atoms with Gasteiger partial charge in [0.2, 0.25) is 0 Å². The standard InChI is InChI=1S/C11H17N3O3/c1-2-8(3-4-15)13-6-10-9(11(16)17)5-12-7-14-10/h5,7-8,13,15H,2-4,6H2,1H3,(H,16,17). The van der Waals surface area contributed by atoms with E-state index in [-0.39, 0.29) is 18.2 Å².